The van der Waals surface area contributed by atoms with Crippen LogP contribution in [0.4, 0.5) is 51.2 Å². The maximum Gasteiger partial charge on any atom is 0.0557 e. The van der Waals surface area contributed by atoms with Crippen LogP contribution in [0, 0.1) is 0 Å². The van der Waals surface area contributed by atoms with E-state index in [-0.39, 0.29) is 6.04 Å². The van der Waals surface area contributed by atoms with Gasteiger partial charge >= 0.3 is 0 Å². The summed E-state index contributed by atoms with van der Waals surface area (Å²) in [7, 11) is 0. The lowest BCUT2D eigenvalue weighted by Gasteiger charge is -2.36. The first-order chi connectivity index (χ1) is 44.7. The minimum absolute atomic E-state index is 0.118. The highest BCUT2D eigenvalue weighted by atomic mass is 15.2. The van der Waals surface area contributed by atoms with Crippen LogP contribution in [0.2, 0.25) is 0 Å². The fourth-order valence-electron chi connectivity index (χ4n) is 13.6. The monoisotopic (exact) mass is 1160 g/mol. The highest BCUT2D eigenvalue weighted by Gasteiger charge is 2.28. The minimum Gasteiger partial charge on any atom is -0.338 e. The molecule has 0 bridgehead atoms. The second-order valence-corrected chi connectivity index (χ2v) is 23.4. The van der Waals surface area contributed by atoms with Crippen LogP contribution in [0.5, 0.6) is 0 Å². The summed E-state index contributed by atoms with van der Waals surface area (Å²) >= 11 is 0. The van der Waals surface area contributed by atoms with Crippen molar-refractivity contribution < 1.29 is 0 Å². The highest BCUT2D eigenvalue weighted by Crippen LogP contribution is 2.49. The van der Waals surface area contributed by atoms with Gasteiger partial charge < -0.3 is 19.6 Å². The van der Waals surface area contributed by atoms with Gasteiger partial charge in [0.05, 0.1) is 6.04 Å². The van der Waals surface area contributed by atoms with E-state index in [1.165, 1.54) is 77.6 Å². The lowest BCUT2D eigenvalue weighted by Crippen LogP contribution is -2.34. The Morgan fingerprint density at radius 3 is 1.23 bits per heavy atom. The molecule has 12 aromatic rings. The normalized spacial score (nSPS) is 14.5. The molecule has 0 heterocycles. The molecule has 0 saturated heterocycles. The molecule has 12 aromatic carbocycles. The second-order valence-electron chi connectivity index (χ2n) is 23.4. The van der Waals surface area contributed by atoms with Gasteiger partial charge in [-0.3, -0.25) is 0 Å². The topological polar surface area (TPSA) is 13.0 Å². The van der Waals surface area contributed by atoms with Crippen molar-refractivity contribution in [2.24, 2.45) is 0 Å². The molecule has 1 unspecified atom stereocenters. The van der Waals surface area contributed by atoms with Crippen LogP contribution >= 0.6 is 0 Å². The number of nitrogens with zero attached hydrogens (tertiary/aromatic N) is 4. The van der Waals surface area contributed by atoms with Crippen molar-refractivity contribution in [3.63, 3.8) is 0 Å². The molecular weight excluding hydrogens is 1090 g/mol. The Kier molecular flexibility index (Phi) is 15.5. The van der Waals surface area contributed by atoms with Crippen molar-refractivity contribution in [2.45, 2.75) is 38.1 Å². The van der Waals surface area contributed by atoms with Crippen molar-refractivity contribution in [3.05, 3.63) is 368 Å². The molecule has 0 radical (unpaired) electrons. The fraction of sp³-hybridized carbons (Fsp3) is 0.0698. The minimum atomic E-state index is 0.118. The summed E-state index contributed by atoms with van der Waals surface area (Å²) in [5, 5.41) is 4.86. The van der Waals surface area contributed by atoms with Crippen LogP contribution in [0.25, 0.3) is 54.9 Å². The number of para-hydroxylation sites is 5. The van der Waals surface area contributed by atoms with Gasteiger partial charge in [-0.15, -0.1) is 0 Å². The molecular formula is C86H68N4. The van der Waals surface area contributed by atoms with E-state index in [0.29, 0.717) is 0 Å². The predicted octanol–water partition coefficient (Wildman–Crippen LogP) is 23.6. The van der Waals surface area contributed by atoms with Crippen molar-refractivity contribution in [1.82, 2.24) is 0 Å². The Balaban J connectivity index is 0.968. The molecule has 0 saturated carbocycles. The van der Waals surface area contributed by atoms with E-state index < -0.39 is 0 Å². The van der Waals surface area contributed by atoms with E-state index >= 15 is 0 Å². The molecule has 0 fully saturated rings. The molecule has 0 aromatic heterocycles. The van der Waals surface area contributed by atoms with Crippen LogP contribution in [0.1, 0.15) is 43.2 Å². The molecule has 4 heteroatoms. The zero-order chi connectivity index (χ0) is 60.0. The Bertz CT molecular complexity index is 4610. The molecule has 90 heavy (non-hydrogen) atoms. The third-order valence-corrected chi connectivity index (χ3v) is 17.9. The molecule has 3 aliphatic rings. The van der Waals surface area contributed by atoms with E-state index in [0.717, 1.165) is 83.2 Å². The summed E-state index contributed by atoms with van der Waals surface area (Å²) in [6.45, 7) is 0. The van der Waals surface area contributed by atoms with Crippen molar-refractivity contribution in [1.29, 1.82) is 0 Å². The molecule has 0 spiro atoms. The Morgan fingerprint density at radius 2 is 0.733 bits per heavy atom. The summed E-state index contributed by atoms with van der Waals surface area (Å²) < 4.78 is 0. The number of anilines is 9. The molecule has 1 atom stereocenters. The summed E-state index contributed by atoms with van der Waals surface area (Å²) in [4.78, 5) is 9.84. The van der Waals surface area contributed by atoms with E-state index in [4.69, 9.17) is 0 Å². The average molecular weight is 1160 g/mol. The van der Waals surface area contributed by atoms with Gasteiger partial charge in [-0.1, -0.05) is 225 Å². The molecule has 0 N–H and O–H groups in total. The third-order valence-electron chi connectivity index (χ3n) is 17.9. The summed E-state index contributed by atoms with van der Waals surface area (Å²) in [6.07, 6.45) is 23.5. The smallest absolute Gasteiger partial charge is 0.0557 e. The molecule has 432 valence electrons. The number of benzene rings is 12. The number of allylic oxidation sites excluding steroid dienone is 10. The Hall–Kier alpha value is -11.2. The predicted molar refractivity (Wildman–Crippen MR) is 383 cm³/mol. The number of fused-ring (bicyclic) bond motifs is 2. The lowest BCUT2D eigenvalue weighted by molar-refractivity contribution is 0.722. The molecule has 0 amide bonds. The summed E-state index contributed by atoms with van der Waals surface area (Å²) in [6, 6.07) is 109. The number of hydrogen-bond acceptors (Lipinski definition) is 4. The van der Waals surface area contributed by atoms with Gasteiger partial charge in [0.25, 0.3) is 0 Å². The first-order valence-electron chi connectivity index (χ1n) is 31.6. The van der Waals surface area contributed by atoms with Crippen LogP contribution < -0.4 is 19.6 Å². The van der Waals surface area contributed by atoms with Crippen molar-refractivity contribution >= 4 is 83.9 Å². The van der Waals surface area contributed by atoms with Gasteiger partial charge in [0.1, 0.15) is 0 Å². The Morgan fingerprint density at radius 1 is 0.300 bits per heavy atom. The van der Waals surface area contributed by atoms with E-state index in [1.807, 2.05) is 0 Å². The number of rotatable bonds is 16. The van der Waals surface area contributed by atoms with Gasteiger partial charge in [0, 0.05) is 62.6 Å². The van der Waals surface area contributed by atoms with Gasteiger partial charge in [-0.25, -0.2) is 0 Å². The average Bonchev–Trinajstić information content (AvgIpc) is 0.848. The van der Waals surface area contributed by atoms with Gasteiger partial charge in [-0.05, 0) is 220 Å². The van der Waals surface area contributed by atoms with E-state index in [9.17, 15) is 0 Å². The Labute approximate surface area is 529 Å². The van der Waals surface area contributed by atoms with E-state index in [1.54, 1.807) is 0 Å². The number of hydrogen-bond donors (Lipinski definition) is 0. The summed E-state index contributed by atoms with van der Waals surface area (Å²) in [5.41, 5.74) is 22.5. The molecule has 3 aliphatic carbocycles. The van der Waals surface area contributed by atoms with E-state index in [2.05, 4.69) is 365 Å². The molecule has 15 rings (SSSR count). The summed E-state index contributed by atoms with van der Waals surface area (Å²) in [5.74, 6) is 0. The van der Waals surface area contributed by atoms with Crippen LogP contribution in [-0.4, -0.2) is 6.04 Å². The van der Waals surface area contributed by atoms with Crippen molar-refractivity contribution in [3.8, 4) is 22.3 Å². The van der Waals surface area contributed by atoms with Gasteiger partial charge in [0.2, 0.25) is 0 Å². The lowest BCUT2D eigenvalue weighted by atomic mass is 9.83. The second kappa shape index (κ2) is 25.3. The first kappa shape index (κ1) is 55.4. The van der Waals surface area contributed by atoms with Gasteiger partial charge in [0.15, 0.2) is 0 Å². The van der Waals surface area contributed by atoms with Gasteiger partial charge in [-0.2, -0.15) is 0 Å². The zero-order valence-electron chi connectivity index (χ0n) is 50.3. The SMILES string of the molecule is C1=CCCC(N(c2ccc3c(C4=CC=C(N(c5ccccc5)c5ccccc5)CC4)c4cc(N(c5ccccc5)c5ccc(-c6ccccc6)cc5)ccc4c(-c4ccc(N(c5ccccc5)c5ccccc5)cc4)c3c2)C2C=CC(c3ccccc3)=CC2)=C1. The maximum absolute atomic E-state index is 2.63. The quantitative estimate of drug-likeness (QED) is 0.0894. The standard InChI is InChI=1S/C86H68N4/c1-9-25-63(26-10-1)65-41-49-77(50-42-65)89(73-37-21-7-22-38-73)79-57-59-81-83(61-79)85(67-45-53-75(54-46-67)87(69-29-13-3-14-30-69)70-31-15-4-16-32-70)82-60-58-80(90(74-39-23-8-24-40-74)78-51-43-66(44-52-78)64-27-11-2-12-28-64)62-84(82)86(81)68-47-55-76(56-48-68)88(71-33-17-5-18-34-71)72-35-19-6-20-36-72/h1-23,25-39,41-45,47-51,53,55-62,78H,24,40,46,52,54H2. The fourth-order valence-corrected chi connectivity index (χ4v) is 13.6. The van der Waals surface area contributed by atoms with Crippen LogP contribution in [0.15, 0.2) is 357 Å². The molecule has 4 nitrogen and oxygen atoms in total. The first-order valence-corrected chi connectivity index (χ1v) is 31.6. The van der Waals surface area contributed by atoms with Crippen LogP contribution in [-0.2, 0) is 0 Å². The largest absolute Gasteiger partial charge is 0.338 e. The zero-order valence-corrected chi connectivity index (χ0v) is 50.3. The van der Waals surface area contributed by atoms with Crippen LogP contribution in [0.3, 0.4) is 0 Å². The van der Waals surface area contributed by atoms with Crippen molar-refractivity contribution in [2.75, 3.05) is 19.6 Å². The highest BCUT2D eigenvalue weighted by molar-refractivity contribution is 6.20. The maximum atomic E-state index is 2.63. The third kappa shape index (κ3) is 11.2. The molecule has 0 aliphatic heterocycles.